The van der Waals surface area contributed by atoms with Crippen molar-refractivity contribution < 1.29 is 0 Å². The fourth-order valence-corrected chi connectivity index (χ4v) is 18.4. The topological polar surface area (TPSA) is 57.8 Å². The van der Waals surface area contributed by atoms with Crippen LogP contribution in [0, 0.1) is 6.57 Å². The predicted octanol–water partition coefficient (Wildman–Crippen LogP) is 17.8. The molecule has 0 spiro atoms. The summed E-state index contributed by atoms with van der Waals surface area (Å²) in [6, 6.07) is 118. The molecule has 4 heterocycles. The van der Waals surface area contributed by atoms with E-state index in [1.807, 2.05) is 30.3 Å². The van der Waals surface area contributed by atoms with E-state index >= 15 is 0 Å². The molecule has 0 saturated carbocycles. The third kappa shape index (κ3) is 9.16. The Hall–Kier alpha value is -12.0. The number of hydrogen-bond donors (Lipinski definition) is 0. The smallest absolute Gasteiger partial charge is 0.238 e. The lowest BCUT2D eigenvalue weighted by atomic mass is 10.0. The lowest BCUT2D eigenvalue weighted by Gasteiger charge is -2.34. The first-order valence-corrected chi connectivity index (χ1v) is 32.3. The molecule has 0 unspecified atom stereocenters. The van der Waals surface area contributed by atoms with Crippen LogP contribution in [0.4, 0.5) is 5.69 Å². The molecule has 7 nitrogen and oxygen atoms in total. The molecule has 0 radical (unpaired) electrons. The van der Waals surface area contributed by atoms with Crippen LogP contribution in [0.2, 0.25) is 0 Å². The molecule has 13 aromatic carbocycles. The monoisotopic (exact) mass is 1170 g/mol. The summed E-state index contributed by atoms with van der Waals surface area (Å²) in [5.74, 6) is 1.86. The summed E-state index contributed by atoms with van der Waals surface area (Å²) in [6.07, 6.45) is 0. The first-order valence-electron chi connectivity index (χ1n) is 30.3. The summed E-state index contributed by atoms with van der Waals surface area (Å²) in [6.45, 7) is 7.50. The normalized spacial score (nSPS) is 11.5. The number of para-hydroxylation sites is 5. The molecule has 0 N–H and O–H groups in total. The van der Waals surface area contributed by atoms with E-state index in [4.69, 9.17) is 21.5 Å². The zero-order valence-corrected chi connectivity index (χ0v) is 49.9. The Morgan fingerprint density at radius 3 is 1.06 bits per heavy atom. The summed E-state index contributed by atoms with van der Waals surface area (Å²) in [5, 5.41) is 12.3. The number of benzene rings is 13. The maximum atomic E-state index is 7.50. The zero-order chi connectivity index (χ0) is 60.0. The highest BCUT2D eigenvalue weighted by molar-refractivity contribution is 7.19. The molecule has 0 aliphatic rings. The Balaban J connectivity index is 0.000000148. The second-order valence-electron chi connectivity index (χ2n) is 22.6. The Bertz CT molecular complexity index is 5370. The Morgan fingerprint density at radius 1 is 0.256 bits per heavy atom. The van der Waals surface area contributed by atoms with Crippen LogP contribution in [0.3, 0.4) is 0 Å². The van der Waals surface area contributed by atoms with E-state index in [9.17, 15) is 0 Å². The van der Waals surface area contributed by atoms with Crippen LogP contribution in [0.1, 0.15) is 0 Å². The third-order valence-corrected chi connectivity index (χ3v) is 22.3. The van der Waals surface area contributed by atoms with Crippen LogP contribution in [0.25, 0.3) is 121 Å². The summed E-state index contributed by atoms with van der Waals surface area (Å²) < 4.78 is 6.84. The van der Waals surface area contributed by atoms with E-state index in [1.54, 1.807) is 0 Å². The van der Waals surface area contributed by atoms with Crippen molar-refractivity contribution in [2.75, 3.05) is 0 Å². The van der Waals surface area contributed by atoms with Gasteiger partial charge in [-0.3, -0.25) is 4.57 Å². The minimum Gasteiger partial charge on any atom is -0.309 e. The van der Waals surface area contributed by atoms with Gasteiger partial charge in [0.15, 0.2) is 25.4 Å². The molecule has 8 heteroatoms. The van der Waals surface area contributed by atoms with Crippen molar-refractivity contribution in [2.24, 2.45) is 0 Å². The third-order valence-electron chi connectivity index (χ3n) is 17.5. The molecule has 17 aromatic rings. The fourth-order valence-electron chi connectivity index (χ4n) is 13.6. The molecular weight excluding hydrogens is 1110 g/mol. The zero-order valence-electron chi connectivity index (χ0n) is 48.9. The van der Waals surface area contributed by atoms with Crippen molar-refractivity contribution in [1.82, 2.24) is 28.7 Å². The number of rotatable bonds is 10. The van der Waals surface area contributed by atoms with Gasteiger partial charge in [0.25, 0.3) is 0 Å². The molecule has 0 aliphatic carbocycles. The molecular formula is C82H55N7Si. The highest BCUT2D eigenvalue weighted by Gasteiger charge is 2.41. The average molecular weight is 1170 g/mol. The number of hydrogen-bond acceptors (Lipinski definition) is 3. The van der Waals surface area contributed by atoms with E-state index in [0.29, 0.717) is 23.3 Å². The average Bonchev–Trinajstić information content (AvgIpc) is 2.14. The highest BCUT2D eigenvalue weighted by atomic mass is 28.3. The molecule has 4 aromatic heterocycles. The van der Waals surface area contributed by atoms with Crippen molar-refractivity contribution in [3.8, 4) is 51.2 Å². The largest absolute Gasteiger partial charge is 0.309 e. The van der Waals surface area contributed by atoms with Gasteiger partial charge in [-0.25, -0.2) is 9.83 Å². The standard InChI is InChI=1S/C45H32N4Si.C37H23N3/c1-5-18-33(19-6-1)43-46-44(48-45(47-43)49-41-30-15-13-28-39(41)40-29-14-16-31-42(40)49)34-20-17-27-38(32-34)50(35-21-7-2-8-22-35,36-23-9-3-10-24-36)37-25-11-4-12-26-37;1-38-27-20-21-37-33(24-27)32-16-4-7-19-36(32)40(37)29-13-9-11-26(23-29)25-10-8-12-28(22-25)39-34-17-5-2-14-30(34)31-15-3-6-18-35(31)39/h1-32H;2-24H. The Kier molecular flexibility index (Phi) is 13.5. The number of nitrogens with zero attached hydrogens (tertiary/aromatic N) is 7. The molecule has 0 bridgehead atoms. The van der Waals surface area contributed by atoms with Gasteiger partial charge in [0.05, 0.1) is 39.7 Å². The van der Waals surface area contributed by atoms with Gasteiger partial charge in [-0.2, -0.15) is 9.97 Å². The Morgan fingerprint density at radius 2 is 0.600 bits per heavy atom. The fraction of sp³-hybridized carbons (Fsp3) is 0. The maximum absolute atomic E-state index is 7.50. The van der Waals surface area contributed by atoms with Crippen molar-refractivity contribution in [1.29, 1.82) is 0 Å². The molecule has 17 rings (SSSR count). The van der Waals surface area contributed by atoms with Crippen LogP contribution in [0.15, 0.2) is 334 Å². The van der Waals surface area contributed by atoms with E-state index in [-0.39, 0.29) is 0 Å². The SMILES string of the molecule is [C-]#[N+]c1ccc2c(c1)c1ccccc1n2-c1cccc(-c2cccc(-n3c4ccccc4c4ccccc43)c2)c1.c1ccc(-c2nc(-c3cccc([Si](c4ccccc4)(c4ccccc4)c4ccccc4)c3)nc(-n3c4ccccc4c4ccccc43)n2)cc1. The van der Waals surface area contributed by atoms with Gasteiger partial charge in [-0.1, -0.05) is 267 Å². The van der Waals surface area contributed by atoms with Crippen LogP contribution in [-0.4, -0.2) is 36.7 Å². The summed E-state index contributed by atoms with van der Waals surface area (Å²) in [4.78, 5) is 19.2. The second kappa shape index (κ2) is 22.7. The van der Waals surface area contributed by atoms with Crippen LogP contribution in [0.5, 0.6) is 0 Å². The lowest BCUT2D eigenvalue weighted by molar-refractivity contribution is 0.953. The molecule has 0 aliphatic heterocycles. The number of aromatic nitrogens is 6. The van der Waals surface area contributed by atoms with Gasteiger partial charge in [0.2, 0.25) is 5.95 Å². The van der Waals surface area contributed by atoms with E-state index in [2.05, 4.69) is 322 Å². The lowest BCUT2D eigenvalue weighted by Crippen LogP contribution is -2.74. The van der Waals surface area contributed by atoms with Crippen LogP contribution in [-0.2, 0) is 0 Å². The van der Waals surface area contributed by atoms with Crippen molar-refractivity contribution in [3.05, 3.63) is 345 Å². The first-order chi connectivity index (χ1) is 44.6. The van der Waals surface area contributed by atoms with Crippen LogP contribution >= 0.6 is 0 Å². The minimum absolute atomic E-state index is 0.592. The van der Waals surface area contributed by atoms with Crippen molar-refractivity contribution >= 4 is 99.9 Å². The van der Waals surface area contributed by atoms with E-state index in [1.165, 1.54) is 42.6 Å². The van der Waals surface area contributed by atoms with E-state index < -0.39 is 8.07 Å². The Labute approximate surface area is 521 Å². The van der Waals surface area contributed by atoms with Gasteiger partial charge in [-0.05, 0) is 104 Å². The van der Waals surface area contributed by atoms with E-state index in [0.717, 1.165) is 77.2 Å². The van der Waals surface area contributed by atoms with Gasteiger partial charge < -0.3 is 9.13 Å². The van der Waals surface area contributed by atoms with Crippen LogP contribution < -0.4 is 20.7 Å². The first kappa shape index (κ1) is 53.4. The molecule has 0 amide bonds. The summed E-state index contributed by atoms with van der Waals surface area (Å²) >= 11 is 0. The van der Waals surface area contributed by atoms with Gasteiger partial charge in [-0.15, -0.1) is 0 Å². The molecule has 0 atom stereocenters. The summed E-state index contributed by atoms with van der Waals surface area (Å²) in [7, 11) is -2.76. The van der Waals surface area contributed by atoms with Crippen molar-refractivity contribution in [3.63, 3.8) is 0 Å². The molecule has 422 valence electrons. The molecule has 0 fully saturated rings. The van der Waals surface area contributed by atoms with Gasteiger partial charge in [0.1, 0.15) is 0 Å². The molecule has 90 heavy (non-hydrogen) atoms. The highest BCUT2D eigenvalue weighted by Crippen LogP contribution is 2.38. The predicted molar refractivity (Wildman–Crippen MR) is 375 cm³/mol. The second-order valence-corrected chi connectivity index (χ2v) is 26.4. The van der Waals surface area contributed by atoms with Gasteiger partial charge in [0, 0.05) is 49.4 Å². The maximum Gasteiger partial charge on any atom is 0.238 e. The summed E-state index contributed by atoms with van der Waals surface area (Å²) in [5.41, 5.74) is 13.9. The van der Waals surface area contributed by atoms with Gasteiger partial charge >= 0.3 is 0 Å². The quantitative estimate of drug-likeness (QED) is 0.0779. The number of fused-ring (bicyclic) bond motifs is 9. The minimum atomic E-state index is -2.76. The molecule has 0 saturated heterocycles. The van der Waals surface area contributed by atoms with Crippen molar-refractivity contribution in [2.45, 2.75) is 0 Å².